The highest BCUT2D eigenvalue weighted by atomic mass is 19.4. The maximum Gasteiger partial charge on any atom is 0.425 e. The number of anilines is 2. The van der Waals surface area contributed by atoms with Crippen LogP contribution in [0.2, 0.25) is 0 Å². The number of nitrogen functional groups attached to an aromatic ring is 1. The second-order valence-electron chi connectivity index (χ2n) is 18.8. The number of hydrogen-bond donors (Lipinski definition) is 3. The molecule has 2 unspecified atom stereocenters. The summed E-state index contributed by atoms with van der Waals surface area (Å²) >= 11 is 0. The molecule has 0 saturated carbocycles. The third-order valence-corrected chi connectivity index (χ3v) is 9.39. The number of nitrogens with one attached hydrogen (secondary N) is 2. The van der Waals surface area contributed by atoms with Crippen LogP contribution >= 0.6 is 0 Å². The van der Waals surface area contributed by atoms with Gasteiger partial charge in [-0.2, -0.15) is 57.6 Å². The van der Waals surface area contributed by atoms with Gasteiger partial charge in [-0.3, -0.25) is 19.2 Å². The minimum absolute atomic E-state index is 0.124. The van der Waals surface area contributed by atoms with Crippen LogP contribution < -0.4 is 21.3 Å². The summed E-state index contributed by atoms with van der Waals surface area (Å²) in [5.74, 6) is -4.37. The van der Waals surface area contributed by atoms with Crippen molar-refractivity contribution in [2.75, 3.05) is 38.1 Å². The summed E-state index contributed by atoms with van der Waals surface area (Å²) < 4.78 is 181. The zero-order valence-electron chi connectivity index (χ0n) is 42.0. The number of carbonyl (C=O) groups is 6. The minimum Gasteiger partial charge on any atom is -0.443 e. The summed E-state index contributed by atoms with van der Waals surface area (Å²) in [6, 6.07) is 2.03. The van der Waals surface area contributed by atoms with Gasteiger partial charge >= 0.3 is 36.9 Å². The molecule has 2 aromatic heterocycles. The number of ketones is 2. The van der Waals surface area contributed by atoms with Crippen molar-refractivity contribution in [1.82, 2.24) is 20.6 Å². The second kappa shape index (κ2) is 25.6. The molecule has 0 radical (unpaired) electrons. The summed E-state index contributed by atoms with van der Waals surface area (Å²) in [5.41, 5.74) is 0.924. The highest BCUT2D eigenvalue weighted by Crippen LogP contribution is 2.37. The number of methoxy groups -OCH3 is 2. The zero-order valence-corrected chi connectivity index (χ0v) is 42.0. The third kappa shape index (κ3) is 22.3. The van der Waals surface area contributed by atoms with Crippen molar-refractivity contribution in [3.05, 3.63) is 47.8 Å². The summed E-state index contributed by atoms with van der Waals surface area (Å²) in [6.45, 7) is 11.5. The van der Waals surface area contributed by atoms with Crippen molar-refractivity contribution in [2.45, 2.75) is 153 Å². The van der Waals surface area contributed by atoms with Crippen molar-refractivity contribution < 1.29 is 110 Å². The molecule has 2 rings (SSSR count). The van der Waals surface area contributed by atoms with Gasteiger partial charge < -0.3 is 44.8 Å². The molecular formula is C44H58F12N6O12. The number of halogens is 12. The van der Waals surface area contributed by atoms with Gasteiger partial charge in [0.1, 0.15) is 47.3 Å². The van der Waals surface area contributed by atoms with E-state index in [9.17, 15) is 81.5 Å². The molecule has 0 aliphatic heterocycles. The Hall–Kier alpha value is -5.88. The van der Waals surface area contributed by atoms with Crippen molar-refractivity contribution in [1.29, 1.82) is 0 Å². The number of pyridine rings is 2. The van der Waals surface area contributed by atoms with Gasteiger partial charge in [-0.1, -0.05) is 12.1 Å². The predicted molar refractivity (Wildman–Crippen MR) is 235 cm³/mol. The van der Waals surface area contributed by atoms with E-state index in [1.54, 1.807) is 41.5 Å². The molecule has 0 fully saturated rings. The van der Waals surface area contributed by atoms with E-state index in [4.69, 9.17) is 24.7 Å². The summed E-state index contributed by atoms with van der Waals surface area (Å²) in [5, 5.41) is 4.50. The topological polar surface area (TPSA) is 237 Å². The number of aromatic nitrogens is 2. The fraction of sp³-hybridized carbons (Fsp3) is 0.636. The molecule has 0 aliphatic carbocycles. The van der Waals surface area contributed by atoms with Crippen molar-refractivity contribution in [3.63, 3.8) is 0 Å². The molecule has 2 heterocycles. The van der Waals surface area contributed by atoms with Gasteiger partial charge in [-0.15, -0.1) is 0 Å². The monoisotopic (exact) mass is 1090 g/mol. The second-order valence-corrected chi connectivity index (χ2v) is 18.8. The SMILES string of the molecule is COC(C)(C)C(=O)NC(Cc1ccc(N(C(=O)OC(C)(C)C)C(=O)OC(C)(C)C)nc1)C(=O)COC(C(F)(F)F)C(F)(F)F.COC(C)(C)C(=O)NC(Cc1ccc(N)nc1)C(=O)COC(C(F)(F)F)C(F)(F)F. The Morgan fingerprint density at radius 3 is 1.12 bits per heavy atom. The Kier molecular flexibility index (Phi) is 22.9. The third-order valence-electron chi connectivity index (χ3n) is 9.39. The van der Waals surface area contributed by atoms with Crippen molar-refractivity contribution >= 4 is 47.2 Å². The average Bonchev–Trinajstić information content (AvgIpc) is 3.21. The van der Waals surface area contributed by atoms with Crippen molar-refractivity contribution in [2.24, 2.45) is 0 Å². The number of Topliss-reactive ketones (excluding diaryl/α,β-unsaturated/α-hetero) is 2. The molecule has 2 atom stereocenters. The van der Waals surface area contributed by atoms with Crippen LogP contribution in [-0.2, 0) is 60.4 Å². The quantitative estimate of drug-likeness (QED) is 0.116. The van der Waals surface area contributed by atoms with Crippen LogP contribution in [0.15, 0.2) is 36.7 Å². The molecule has 4 amide bonds. The van der Waals surface area contributed by atoms with Gasteiger partial charge in [0.25, 0.3) is 11.8 Å². The Morgan fingerprint density at radius 2 is 0.865 bits per heavy atom. The van der Waals surface area contributed by atoms with E-state index in [1.807, 2.05) is 0 Å². The smallest absolute Gasteiger partial charge is 0.425 e. The fourth-order valence-corrected chi connectivity index (χ4v) is 5.20. The lowest BCUT2D eigenvalue weighted by Crippen LogP contribution is -2.53. The highest BCUT2D eigenvalue weighted by Gasteiger charge is 2.59. The Labute approximate surface area is 416 Å². The first-order chi connectivity index (χ1) is 33.3. The lowest BCUT2D eigenvalue weighted by Gasteiger charge is -2.28. The molecule has 0 aromatic carbocycles. The van der Waals surface area contributed by atoms with E-state index in [2.05, 4.69) is 30.1 Å². The maximum atomic E-state index is 12.9. The number of carbonyl (C=O) groups excluding carboxylic acids is 6. The number of amides is 4. The van der Waals surface area contributed by atoms with Crippen LogP contribution in [0.1, 0.15) is 80.4 Å². The molecule has 420 valence electrons. The number of nitrogens with zero attached hydrogens (tertiary/aromatic N) is 3. The lowest BCUT2D eigenvalue weighted by atomic mass is 10.0. The van der Waals surface area contributed by atoms with Crippen LogP contribution in [0, 0.1) is 0 Å². The molecule has 0 aliphatic rings. The van der Waals surface area contributed by atoms with E-state index in [-0.39, 0.29) is 23.6 Å². The lowest BCUT2D eigenvalue weighted by molar-refractivity contribution is -0.320. The standard InChI is InChI=1S/C27H37F6N3O8.C17H21F6N3O4/c1-23(2,3)43-21(39)36(22(40)44-24(4,5)6)18-11-10-15(13-34-18)12-16(35-20(38)25(7,8)41-9)17(37)14-42-19(26(28,29)30)27(31,32)33;1-15(2,29-3)14(28)26-10(6-9-4-5-12(24)25-7-9)11(27)8-30-13(16(18,19)20)17(21,22)23/h10-11,13,16,19H,12,14H2,1-9H3,(H,35,38);4-5,7,10,13H,6,8H2,1-3H3,(H2,24,25)(H,26,28). The molecule has 4 N–H and O–H groups in total. The number of hydrogen-bond acceptors (Lipinski definition) is 15. The normalized spacial score (nSPS) is 13.8. The van der Waals surface area contributed by atoms with Crippen LogP contribution in [0.4, 0.5) is 73.9 Å². The van der Waals surface area contributed by atoms with E-state index in [0.29, 0.717) is 10.5 Å². The van der Waals surface area contributed by atoms with Crippen LogP contribution in [0.25, 0.3) is 0 Å². The largest absolute Gasteiger partial charge is 0.443 e. The molecular weight excluding hydrogens is 1030 g/mol. The summed E-state index contributed by atoms with van der Waals surface area (Å²) in [4.78, 5) is 84.1. The maximum absolute atomic E-state index is 12.9. The molecule has 2 aromatic rings. The first-order valence-electron chi connectivity index (χ1n) is 21.4. The van der Waals surface area contributed by atoms with Gasteiger partial charge in [0.2, 0.25) is 12.2 Å². The number of imide groups is 1. The number of ether oxygens (including phenoxy) is 6. The van der Waals surface area contributed by atoms with E-state index in [0.717, 1.165) is 12.3 Å². The molecule has 0 spiro atoms. The Morgan fingerprint density at radius 1 is 0.541 bits per heavy atom. The minimum atomic E-state index is -5.86. The molecule has 18 nitrogen and oxygen atoms in total. The van der Waals surface area contributed by atoms with Gasteiger partial charge in [0.05, 0.1) is 12.1 Å². The zero-order chi connectivity index (χ0) is 57.8. The number of nitrogens with two attached hydrogens (primary N) is 1. The van der Waals surface area contributed by atoms with E-state index >= 15 is 0 Å². The Balaban J connectivity index is 0.000000795. The van der Waals surface area contributed by atoms with Crippen LogP contribution in [0.5, 0.6) is 0 Å². The van der Waals surface area contributed by atoms with Gasteiger partial charge in [-0.25, -0.2) is 19.6 Å². The molecule has 0 bridgehead atoms. The van der Waals surface area contributed by atoms with E-state index in [1.165, 1.54) is 66.3 Å². The van der Waals surface area contributed by atoms with Crippen molar-refractivity contribution in [3.8, 4) is 0 Å². The van der Waals surface area contributed by atoms with Gasteiger partial charge in [0, 0.05) is 39.5 Å². The van der Waals surface area contributed by atoms with E-state index < -0.39 is 127 Å². The summed E-state index contributed by atoms with van der Waals surface area (Å²) in [6.07, 6.45) is -32.3. The first kappa shape index (κ1) is 66.1. The van der Waals surface area contributed by atoms with Crippen LogP contribution in [0.3, 0.4) is 0 Å². The number of rotatable bonds is 19. The fourth-order valence-electron chi connectivity index (χ4n) is 5.20. The molecule has 30 heteroatoms. The number of alkyl halides is 12. The molecule has 74 heavy (non-hydrogen) atoms. The van der Waals surface area contributed by atoms with Crippen LogP contribution in [-0.4, -0.2) is 144 Å². The highest BCUT2D eigenvalue weighted by molar-refractivity contribution is 6.08. The Bertz CT molecular complexity index is 2150. The predicted octanol–water partition coefficient (Wildman–Crippen LogP) is 7.48. The average molecular weight is 1090 g/mol. The van der Waals surface area contributed by atoms with Gasteiger partial charge in [-0.05, 0) is 92.5 Å². The molecule has 0 saturated heterocycles. The summed E-state index contributed by atoms with van der Waals surface area (Å²) in [7, 11) is 2.38. The first-order valence-corrected chi connectivity index (χ1v) is 21.4. The van der Waals surface area contributed by atoms with Gasteiger partial charge in [0.15, 0.2) is 11.6 Å².